The van der Waals surface area contributed by atoms with Crippen molar-refractivity contribution in [1.29, 1.82) is 0 Å². The maximum Gasteiger partial charge on any atom is 0.252 e. The molecule has 0 aliphatic rings. The van der Waals surface area contributed by atoms with Gasteiger partial charge >= 0.3 is 0 Å². The largest absolute Gasteiger partial charge is 0.368 e. The van der Waals surface area contributed by atoms with Gasteiger partial charge in [0, 0.05) is 16.7 Å². The highest BCUT2D eigenvalue weighted by Crippen LogP contribution is 2.23. The number of carbonyl (C=O) groups is 2. The number of nitrogen functional groups attached to an aromatic ring is 1. The zero-order valence-electron chi connectivity index (χ0n) is 12.2. The van der Waals surface area contributed by atoms with Gasteiger partial charge in [-0.05, 0) is 19.1 Å². The van der Waals surface area contributed by atoms with E-state index in [9.17, 15) is 9.59 Å². The molecule has 0 spiro atoms. The van der Waals surface area contributed by atoms with E-state index in [0.717, 1.165) is 0 Å². The SMILES string of the molecule is CC(NC(=O)c1cc(NN)nc(C(C)(C)C)c1)C(N)=O. The highest BCUT2D eigenvalue weighted by Gasteiger charge is 2.20. The third kappa shape index (κ3) is 3.92. The van der Waals surface area contributed by atoms with Crippen LogP contribution in [0.2, 0.25) is 0 Å². The Morgan fingerprint density at radius 3 is 2.35 bits per heavy atom. The maximum absolute atomic E-state index is 12.1. The molecule has 0 saturated heterocycles. The predicted molar refractivity (Wildman–Crippen MR) is 76.9 cm³/mol. The molecule has 0 aromatic carbocycles. The summed E-state index contributed by atoms with van der Waals surface area (Å²) in [7, 11) is 0. The second-order valence-electron chi connectivity index (χ2n) is 5.62. The van der Waals surface area contributed by atoms with Crippen LogP contribution in [-0.4, -0.2) is 22.8 Å². The second kappa shape index (κ2) is 5.87. The Morgan fingerprint density at radius 2 is 1.90 bits per heavy atom. The molecule has 1 rings (SSSR count). The number of nitrogens with two attached hydrogens (primary N) is 2. The molecule has 0 aliphatic heterocycles. The van der Waals surface area contributed by atoms with Gasteiger partial charge in [-0.15, -0.1) is 0 Å². The lowest BCUT2D eigenvalue weighted by atomic mass is 9.90. The van der Waals surface area contributed by atoms with Gasteiger partial charge in [0.15, 0.2) is 0 Å². The maximum atomic E-state index is 12.1. The van der Waals surface area contributed by atoms with Crippen molar-refractivity contribution >= 4 is 17.6 Å². The highest BCUT2D eigenvalue weighted by molar-refractivity contribution is 5.97. The standard InChI is InChI=1S/C13H21N5O2/c1-7(11(14)19)16-12(20)8-5-9(13(2,3)4)17-10(6-8)18-15/h5-7H,15H2,1-4H3,(H2,14,19)(H,16,20)(H,17,18). The molecule has 7 heteroatoms. The quantitative estimate of drug-likeness (QED) is 0.465. The first-order valence-corrected chi connectivity index (χ1v) is 6.24. The Balaban J connectivity index is 3.11. The van der Waals surface area contributed by atoms with Gasteiger partial charge in [-0.1, -0.05) is 20.8 Å². The van der Waals surface area contributed by atoms with Crippen LogP contribution < -0.4 is 22.3 Å². The summed E-state index contributed by atoms with van der Waals surface area (Å²) >= 11 is 0. The van der Waals surface area contributed by atoms with Crippen LogP contribution in [0.3, 0.4) is 0 Å². The van der Waals surface area contributed by atoms with Crippen LogP contribution in [0.5, 0.6) is 0 Å². The van der Waals surface area contributed by atoms with E-state index in [0.29, 0.717) is 17.1 Å². The average molecular weight is 279 g/mol. The summed E-state index contributed by atoms with van der Waals surface area (Å²) in [6.07, 6.45) is 0. The van der Waals surface area contributed by atoms with Crippen molar-refractivity contribution in [2.75, 3.05) is 5.43 Å². The van der Waals surface area contributed by atoms with Gasteiger partial charge in [-0.3, -0.25) is 9.59 Å². The number of nitrogens with zero attached hydrogens (tertiary/aromatic N) is 1. The Labute approximate surface area is 118 Å². The molecule has 2 amide bonds. The number of anilines is 1. The van der Waals surface area contributed by atoms with E-state index < -0.39 is 17.9 Å². The van der Waals surface area contributed by atoms with Crippen LogP contribution in [0.1, 0.15) is 43.7 Å². The summed E-state index contributed by atoms with van der Waals surface area (Å²) in [5, 5.41) is 2.52. The zero-order chi connectivity index (χ0) is 15.5. The normalized spacial score (nSPS) is 12.7. The molecule has 7 nitrogen and oxygen atoms in total. The van der Waals surface area contributed by atoms with Crippen molar-refractivity contribution in [2.24, 2.45) is 11.6 Å². The Kier molecular flexibility index (Phi) is 4.67. The molecule has 0 bridgehead atoms. The molecule has 1 heterocycles. The number of hydrogen-bond acceptors (Lipinski definition) is 5. The van der Waals surface area contributed by atoms with Crippen molar-refractivity contribution in [2.45, 2.75) is 39.2 Å². The number of carbonyl (C=O) groups excluding carboxylic acids is 2. The summed E-state index contributed by atoms with van der Waals surface area (Å²) in [6.45, 7) is 7.45. The first-order valence-electron chi connectivity index (χ1n) is 6.24. The fraction of sp³-hybridized carbons (Fsp3) is 0.462. The highest BCUT2D eigenvalue weighted by atomic mass is 16.2. The number of hydrazine groups is 1. The Hall–Kier alpha value is -2.15. The van der Waals surface area contributed by atoms with Crippen molar-refractivity contribution in [1.82, 2.24) is 10.3 Å². The molecule has 0 radical (unpaired) electrons. The topological polar surface area (TPSA) is 123 Å². The molecule has 1 unspecified atom stereocenters. The lowest BCUT2D eigenvalue weighted by Crippen LogP contribution is -2.42. The second-order valence-corrected chi connectivity index (χ2v) is 5.62. The molecule has 0 aliphatic carbocycles. The lowest BCUT2D eigenvalue weighted by Gasteiger charge is -2.20. The molecule has 110 valence electrons. The first kappa shape index (κ1) is 15.9. The van der Waals surface area contributed by atoms with Gasteiger partial charge in [0.05, 0.1) is 0 Å². The van der Waals surface area contributed by atoms with E-state index >= 15 is 0 Å². The van der Waals surface area contributed by atoms with Gasteiger partial charge < -0.3 is 16.5 Å². The molecule has 0 fully saturated rings. The summed E-state index contributed by atoms with van der Waals surface area (Å²) in [5.74, 6) is 4.75. The Morgan fingerprint density at radius 1 is 1.30 bits per heavy atom. The van der Waals surface area contributed by atoms with Gasteiger partial charge in [0.1, 0.15) is 11.9 Å². The minimum Gasteiger partial charge on any atom is -0.368 e. The number of pyridine rings is 1. The van der Waals surface area contributed by atoms with Crippen molar-refractivity contribution in [3.05, 3.63) is 23.4 Å². The number of nitrogens with one attached hydrogen (secondary N) is 2. The number of primary amides is 1. The van der Waals surface area contributed by atoms with E-state index in [-0.39, 0.29) is 5.41 Å². The minimum absolute atomic E-state index is 0.239. The smallest absolute Gasteiger partial charge is 0.252 e. The van der Waals surface area contributed by atoms with Crippen LogP contribution in [-0.2, 0) is 10.2 Å². The van der Waals surface area contributed by atoms with Crippen LogP contribution in [0.4, 0.5) is 5.82 Å². The number of amides is 2. The average Bonchev–Trinajstić information content (AvgIpc) is 2.36. The van der Waals surface area contributed by atoms with Gasteiger partial charge in [0.2, 0.25) is 5.91 Å². The first-order chi connectivity index (χ1) is 9.15. The van der Waals surface area contributed by atoms with Crippen LogP contribution in [0.25, 0.3) is 0 Å². The molecule has 20 heavy (non-hydrogen) atoms. The van der Waals surface area contributed by atoms with Crippen molar-refractivity contribution < 1.29 is 9.59 Å². The summed E-state index contributed by atoms with van der Waals surface area (Å²) in [5.41, 5.74) is 8.39. The molecule has 0 saturated carbocycles. The van der Waals surface area contributed by atoms with E-state index in [1.165, 1.54) is 13.0 Å². The van der Waals surface area contributed by atoms with Crippen LogP contribution in [0, 0.1) is 0 Å². The van der Waals surface area contributed by atoms with E-state index in [2.05, 4.69) is 15.7 Å². The van der Waals surface area contributed by atoms with Crippen LogP contribution in [0.15, 0.2) is 12.1 Å². The fourth-order valence-corrected chi connectivity index (χ4v) is 1.47. The minimum atomic E-state index is -0.747. The van der Waals surface area contributed by atoms with Crippen molar-refractivity contribution in [3.8, 4) is 0 Å². The molecule has 1 atom stereocenters. The third-order valence-corrected chi connectivity index (χ3v) is 2.78. The predicted octanol–water partition coefficient (Wildman–Crippen LogP) is 0.268. The number of rotatable bonds is 4. The van der Waals surface area contributed by atoms with Crippen LogP contribution >= 0.6 is 0 Å². The van der Waals surface area contributed by atoms with Crippen molar-refractivity contribution in [3.63, 3.8) is 0 Å². The van der Waals surface area contributed by atoms with E-state index in [4.69, 9.17) is 11.6 Å². The molecular weight excluding hydrogens is 258 g/mol. The molecule has 1 aromatic rings. The fourth-order valence-electron chi connectivity index (χ4n) is 1.47. The monoisotopic (exact) mass is 279 g/mol. The van der Waals surface area contributed by atoms with E-state index in [1.807, 2.05) is 20.8 Å². The summed E-state index contributed by atoms with van der Waals surface area (Å²) in [4.78, 5) is 27.4. The van der Waals surface area contributed by atoms with Gasteiger partial charge in [-0.25, -0.2) is 10.8 Å². The number of hydrogen-bond donors (Lipinski definition) is 4. The number of aromatic nitrogens is 1. The summed E-state index contributed by atoms with van der Waals surface area (Å²) < 4.78 is 0. The summed E-state index contributed by atoms with van der Waals surface area (Å²) in [6, 6.07) is 2.44. The van der Waals surface area contributed by atoms with Gasteiger partial charge in [0.25, 0.3) is 5.91 Å². The Bertz CT molecular complexity index is 522. The van der Waals surface area contributed by atoms with Gasteiger partial charge in [-0.2, -0.15) is 0 Å². The molecule has 6 N–H and O–H groups in total. The zero-order valence-corrected chi connectivity index (χ0v) is 12.2. The van der Waals surface area contributed by atoms with E-state index in [1.54, 1.807) is 6.07 Å². The lowest BCUT2D eigenvalue weighted by molar-refractivity contribution is -0.119. The third-order valence-electron chi connectivity index (χ3n) is 2.78. The molecular formula is C13H21N5O2. The molecule has 1 aromatic heterocycles.